The maximum Gasteiger partial charge on any atom is 0.0827 e. The van der Waals surface area contributed by atoms with Crippen molar-refractivity contribution in [2.45, 2.75) is 95.6 Å². The predicted octanol–water partition coefficient (Wildman–Crippen LogP) is 8.61. The van der Waals surface area contributed by atoms with Gasteiger partial charge in [-0.1, -0.05) is 86.3 Å². The van der Waals surface area contributed by atoms with Gasteiger partial charge in [0.2, 0.25) is 0 Å². The molecule has 0 atom stereocenters. The smallest absolute Gasteiger partial charge is 0.0827 e. The van der Waals surface area contributed by atoms with Gasteiger partial charge in [0.15, 0.2) is 0 Å². The summed E-state index contributed by atoms with van der Waals surface area (Å²) in [4.78, 5) is 16.3. The van der Waals surface area contributed by atoms with Gasteiger partial charge in [-0.15, -0.1) is 0 Å². The highest BCUT2D eigenvalue weighted by atomic mass is 32.2. The molecule has 0 aromatic heterocycles. The molecular weight excluding hydrogens is 452 g/mol. The number of hydrogen-bond donors (Lipinski definition) is 0. The second-order valence-corrected chi connectivity index (χ2v) is 12.3. The average molecular weight is 483 g/mol. The predicted molar refractivity (Wildman–Crippen MR) is 141 cm³/mol. The standard InChI is InChI=1S/C30H30N2S2/c1-3-11-19(12-4-1)25-27-30(34-24-18-10-7-15-21(24)31-27)26(20-13-5-2-6-14-20)28-29(25)33-23-17-9-8-16-22(23)32-28/h7-10,15-20H,1-6,11-14H2. The van der Waals surface area contributed by atoms with Crippen LogP contribution in [0.5, 0.6) is 0 Å². The van der Waals surface area contributed by atoms with E-state index >= 15 is 0 Å². The second-order valence-electron chi connectivity index (χ2n) is 10.2. The number of nitrogens with zero attached hydrogens (tertiary/aromatic N) is 2. The lowest BCUT2D eigenvalue weighted by atomic mass is 9.80. The molecule has 2 heterocycles. The first-order valence-corrected chi connectivity index (χ1v) is 14.7. The van der Waals surface area contributed by atoms with Crippen molar-refractivity contribution in [3.8, 4) is 0 Å². The summed E-state index contributed by atoms with van der Waals surface area (Å²) in [5.41, 5.74) is 5.30. The number of rotatable bonds is 2. The summed E-state index contributed by atoms with van der Waals surface area (Å²) in [6.45, 7) is 0. The number of hydrogen-bond acceptors (Lipinski definition) is 4. The average Bonchev–Trinajstić information content (AvgIpc) is 2.90. The van der Waals surface area contributed by atoms with Crippen molar-refractivity contribution in [3.05, 3.63) is 70.4 Å². The monoisotopic (exact) mass is 482 g/mol. The van der Waals surface area contributed by atoms with E-state index in [1.807, 2.05) is 23.5 Å². The number of para-hydroxylation sites is 2. The Labute approximate surface area is 210 Å². The number of benzene rings is 3. The van der Waals surface area contributed by atoms with E-state index in [1.165, 1.54) is 106 Å². The Kier molecular flexibility index (Phi) is 5.55. The minimum atomic E-state index is 0.597. The minimum Gasteiger partial charge on any atom is -0.246 e. The van der Waals surface area contributed by atoms with Crippen LogP contribution >= 0.6 is 23.5 Å². The van der Waals surface area contributed by atoms with Crippen molar-refractivity contribution in [3.63, 3.8) is 0 Å². The third kappa shape index (κ3) is 3.56. The summed E-state index contributed by atoms with van der Waals surface area (Å²) in [6.07, 6.45) is 13.2. The van der Waals surface area contributed by atoms with E-state index in [0.717, 1.165) is 11.4 Å². The van der Waals surface area contributed by atoms with Gasteiger partial charge in [0, 0.05) is 19.6 Å². The molecule has 172 valence electrons. The zero-order valence-corrected chi connectivity index (χ0v) is 21.2. The summed E-state index contributed by atoms with van der Waals surface area (Å²) in [5.74, 6) is 1.19. The Morgan fingerprint density at radius 1 is 0.529 bits per heavy atom. The van der Waals surface area contributed by atoms with Gasteiger partial charge >= 0.3 is 0 Å². The summed E-state index contributed by atoms with van der Waals surface area (Å²) in [5, 5.41) is 2.58. The van der Waals surface area contributed by atoms with Crippen LogP contribution in [0.3, 0.4) is 0 Å². The topological polar surface area (TPSA) is 24.7 Å². The molecule has 0 saturated heterocycles. The summed E-state index contributed by atoms with van der Waals surface area (Å²) < 4.78 is 0. The third-order valence-electron chi connectivity index (χ3n) is 8.08. The molecule has 2 aliphatic carbocycles. The van der Waals surface area contributed by atoms with Crippen LogP contribution in [0.25, 0.3) is 0 Å². The Hall–Kier alpha value is -2.04. The van der Waals surface area contributed by atoms with E-state index in [-0.39, 0.29) is 0 Å². The zero-order valence-electron chi connectivity index (χ0n) is 19.6. The fraction of sp³-hybridized carbons (Fsp3) is 0.400. The van der Waals surface area contributed by atoms with Crippen LogP contribution in [-0.2, 0) is 0 Å². The van der Waals surface area contributed by atoms with Gasteiger partial charge in [0.1, 0.15) is 0 Å². The molecule has 2 saturated carbocycles. The lowest BCUT2D eigenvalue weighted by Gasteiger charge is -2.32. The molecule has 0 bridgehead atoms. The summed E-state index contributed by atoms with van der Waals surface area (Å²) >= 11 is 3.94. The van der Waals surface area contributed by atoms with E-state index in [9.17, 15) is 0 Å². The Bertz CT molecular complexity index is 1270. The second kappa shape index (κ2) is 8.87. The minimum absolute atomic E-state index is 0.597. The van der Waals surface area contributed by atoms with Crippen molar-refractivity contribution in [2.75, 3.05) is 0 Å². The van der Waals surface area contributed by atoms with E-state index in [0.29, 0.717) is 11.8 Å². The molecule has 2 fully saturated rings. The molecule has 3 aromatic rings. The fourth-order valence-corrected chi connectivity index (χ4v) is 8.84. The van der Waals surface area contributed by atoms with Gasteiger partial charge in [-0.3, -0.25) is 0 Å². The maximum atomic E-state index is 5.43. The van der Waals surface area contributed by atoms with Gasteiger partial charge in [-0.25, -0.2) is 9.98 Å². The SMILES string of the molecule is c1ccc2c(c1)N=c1c(c(C3CCCCC3)c3c(c1C1CCCCC1)Sc1ccccc1N=3)S2. The lowest BCUT2D eigenvalue weighted by Crippen LogP contribution is -2.32. The van der Waals surface area contributed by atoms with Crippen LogP contribution in [0, 0.1) is 0 Å². The first-order valence-electron chi connectivity index (χ1n) is 13.1. The highest BCUT2D eigenvalue weighted by Gasteiger charge is 2.33. The molecule has 0 N–H and O–H groups in total. The summed E-state index contributed by atoms with van der Waals surface area (Å²) in [7, 11) is 0. The Morgan fingerprint density at radius 3 is 1.38 bits per heavy atom. The summed E-state index contributed by atoms with van der Waals surface area (Å²) in [6, 6.07) is 17.5. The van der Waals surface area contributed by atoms with E-state index in [4.69, 9.17) is 9.98 Å². The van der Waals surface area contributed by atoms with Crippen molar-refractivity contribution in [2.24, 2.45) is 9.98 Å². The van der Waals surface area contributed by atoms with Crippen molar-refractivity contribution < 1.29 is 0 Å². The van der Waals surface area contributed by atoms with E-state index in [1.54, 1.807) is 0 Å². The maximum absolute atomic E-state index is 5.43. The molecular formula is C30H30N2S2. The number of fused-ring (bicyclic) bond motifs is 4. The molecule has 0 amide bonds. The zero-order chi connectivity index (χ0) is 22.5. The fourth-order valence-electron chi connectivity index (χ4n) is 6.42. The quantitative estimate of drug-likeness (QED) is 0.251. The lowest BCUT2D eigenvalue weighted by molar-refractivity contribution is 0.426. The molecule has 4 aliphatic rings. The molecule has 34 heavy (non-hydrogen) atoms. The molecule has 3 aromatic carbocycles. The largest absolute Gasteiger partial charge is 0.246 e. The Balaban J connectivity index is 1.58. The van der Waals surface area contributed by atoms with Crippen LogP contribution in [0.1, 0.15) is 87.2 Å². The van der Waals surface area contributed by atoms with Crippen LogP contribution in [0.15, 0.2) is 78.1 Å². The van der Waals surface area contributed by atoms with Crippen molar-refractivity contribution in [1.29, 1.82) is 0 Å². The molecule has 7 rings (SSSR count). The molecule has 0 unspecified atom stereocenters. The highest BCUT2D eigenvalue weighted by Crippen LogP contribution is 2.48. The molecule has 2 aliphatic heterocycles. The van der Waals surface area contributed by atoms with Crippen LogP contribution in [-0.4, -0.2) is 0 Å². The van der Waals surface area contributed by atoms with Crippen LogP contribution in [0.2, 0.25) is 0 Å². The molecule has 0 spiro atoms. The van der Waals surface area contributed by atoms with E-state index in [2.05, 4.69) is 48.5 Å². The van der Waals surface area contributed by atoms with Crippen LogP contribution in [0.4, 0.5) is 11.4 Å². The Morgan fingerprint density at radius 2 is 0.941 bits per heavy atom. The first kappa shape index (κ1) is 21.3. The van der Waals surface area contributed by atoms with Gasteiger partial charge in [0.25, 0.3) is 0 Å². The van der Waals surface area contributed by atoms with Crippen LogP contribution < -0.4 is 10.7 Å². The molecule has 0 radical (unpaired) electrons. The normalized spacial score (nSPS) is 19.8. The first-order chi connectivity index (χ1) is 16.9. The van der Waals surface area contributed by atoms with Gasteiger partial charge < -0.3 is 0 Å². The molecule has 2 nitrogen and oxygen atoms in total. The molecule has 4 heteroatoms. The highest BCUT2D eigenvalue weighted by molar-refractivity contribution is 8.00. The van der Waals surface area contributed by atoms with Crippen molar-refractivity contribution in [1.82, 2.24) is 0 Å². The van der Waals surface area contributed by atoms with Crippen molar-refractivity contribution >= 4 is 34.9 Å². The van der Waals surface area contributed by atoms with Gasteiger partial charge in [-0.2, -0.15) is 0 Å². The van der Waals surface area contributed by atoms with E-state index < -0.39 is 0 Å². The third-order valence-corrected chi connectivity index (χ3v) is 10.4. The van der Waals surface area contributed by atoms with Gasteiger partial charge in [-0.05, 0) is 72.9 Å². The van der Waals surface area contributed by atoms with Gasteiger partial charge in [0.05, 0.1) is 22.1 Å².